The van der Waals surface area contributed by atoms with Crippen molar-refractivity contribution in [3.05, 3.63) is 47.0 Å². The van der Waals surface area contributed by atoms with Crippen LogP contribution < -0.4 is 0 Å². The van der Waals surface area contributed by atoms with Gasteiger partial charge < -0.3 is 9.84 Å². The third-order valence-electron chi connectivity index (χ3n) is 8.30. The third kappa shape index (κ3) is 11.6. The fourth-order valence-corrected chi connectivity index (χ4v) is 5.86. The van der Waals surface area contributed by atoms with Crippen LogP contribution in [0.1, 0.15) is 121 Å². The molecule has 1 aliphatic rings. The van der Waals surface area contributed by atoms with E-state index in [4.69, 9.17) is 4.74 Å². The lowest BCUT2D eigenvalue weighted by atomic mass is 9.77. The Morgan fingerprint density at radius 3 is 2.31 bits per heavy atom. The Morgan fingerprint density at radius 2 is 1.67 bits per heavy atom. The molecule has 0 spiro atoms. The van der Waals surface area contributed by atoms with E-state index in [1.165, 1.54) is 82.6 Å². The second-order valence-corrected chi connectivity index (χ2v) is 11.4. The van der Waals surface area contributed by atoms with E-state index < -0.39 is 0 Å². The van der Waals surface area contributed by atoms with Crippen LogP contribution in [0.25, 0.3) is 0 Å². The Labute approximate surface area is 222 Å². The Hall–Kier alpha value is -1.61. The zero-order valence-electron chi connectivity index (χ0n) is 23.7. The van der Waals surface area contributed by atoms with Crippen molar-refractivity contribution in [3.63, 3.8) is 0 Å². The first-order valence-electron chi connectivity index (χ1n) is 15.0. The van der Waals surface area contributed by atoms with Gasteiger partial charge in [-0.15, -0.1) is 0 Å². The molecule has 3 heteroatoms. The summed E-state index contributed by atoms with van der Waals surface area (Å²) in [5.41, 5.74) is 5.13. The normalized spacial score (nSPS) is 18.7. The molecule has 1 saturated carbocycles. The summed E-state index contributed by atoms with van der Waals surface area (Å²) < 4.78 is 5.41. The van der Waals surface area contributed by atoms with Gasteiger partial charge in [0.25, 0.3) is 0 Å². The molecular formula is C33H54O3. The molecule has 1 aliphatic carbocycles. The van der Waals surface area contributed by atoms with Gasteiger partial charge in [-0.2, -0.15) is 0 Å². The summed E-state index contributed by atoms with van der Waals surface area (Å²) in [5.74, 6) is 1.79. The minimum absolute atomic E-state index is 0.206. The molecule has 0 heterocycles. The number of rotatable bonds is 18. The molecule has 3 nitrogen and oxygen atoms in total. The van der Waals surface area contributed by atoms with Crippen LogP contribution in [-0.2, 0) is 28.8 Å². The quantitative estimate of drug-likeness (QED) is 0.126. The molecule has 1 fully saturated rings. The van der Waals surface area contributed by atoms with Gasteiger partial charge in [-0.3, -0.25) is 0 Å². The minimum Gasteiger partial charge on any atom is -0.462 e. The highest BCUT2D eigenvalue weighted by Gasteiger charge is 2.21. The number of aliphatic hydroxyl groups is 1. The fraction of sp³-hybridized carbons (Fsp3) is 0.727. The van der Waals surface area contributed by atoms with E-state index in [1.54, 1.807) is 18.1 Å². The maximum Gasteiger partial charge on any atom is 0.333 e. The number of esters is 1. The number of hydrogen-bond acceptors (Lipinski definition) is 3. The summed E-state index contributed by atoms with van der Waals surface area (Å²) in [4.78, 5) is 11.7. The van der Waals surface area contributed by atoms with Crippen LogP contribution in [0.15, 0.2) is 30.4 Å². The number of benzene rings is 1. The molecule has 0 amide bonds. The molecule has 2 rings (SSSR count). The van der Waals surface area contributed by atoms with Crippen molar-refractivity contribution in [2.24, 2.45) is 17.8 Å². The summed E-state index contributed by atoms with van der Waals surface area (Å²) in [6, 6.07) is 7.30. The van der Waals surface area contributed by atoms with Gasteiger partial charge in [-0.1, -0.05) is 90.0 Å². The topological polar surface area (TPSA) is 46.5 Å². The Bertz CT molecular complexity index is 760. The van der Waals surface area contributed by atoms with Crippen LogP contribution >= 0.6 is 0 Å². The maximum absolute atomic E-state index is 11.7. The van der Waals surface area contributed by atoms with Gasteiger partial charge in [0.1, 0.15) is 0 Å². The molecule has 1 atom stereocenters. The van der Waals surface area contributed by atoms with Gasteiger partial charge in [0.05, 0.1) is 6.61 Å². The highest BCUT2D eigenvalue weighted by atomic mass is 16.5. The zero-order chi connectivity index (χ0) is 26.2. The van der Waals surface area contributed by atoms with E-state index in [0.717, 1.165) is 37.5 Å². The Balaban J connectivity index is 1.68. The molecule has 204 valence electrons. The highest BCUT2D eigenvalue weighted by Crippen LogP contribution is 2.35. The molecule has 0 aromatic heterocycles. The smallest absolute Gasteiger partial charge is 0.333 e. The molecule has 0 aliphatic heterocycles. The van der Waals surface area contributed by atoms with Crippen LogP contribution in [0.5, 0.6) is 0 Å². The lowest BCUT2D eigenvalue weighted by Gasteiger charge is -2.29. The minimum atomic E-state index is -0.295. The van der Waals surface area contributed by atoms with Crippen LogP contribution in [0.3, 0.4) is 0 Å². The largest absolute Gasteiger partial charge is 0.462 e. The molecule has 0 bridgehead atoms. The van der Waals surface area contributed by atoms with Crippen molar-refractivity contribution < 1.29 is 14.6 Å². The van der Waals surface area contributed by atoms with Crippen LogP contribution in [-0.4, -0.2) is 24.3 Å². The lowest BCUT2D eigenvalue weighted by molar-refractivity contribution is -0.140. The van der Waals surface area contributed by atoms with Crippen LogP contribution in [0, 0.1) is 17.8 Å². The molecule has 1 N–H and O–H groups in total. The molecule has 1 aromatic carbocycles. The van der Waals surface area contributed by atoms with Crippen molar-refractivity contribution in [1.82, 2.24) is 0 Å². The molecular weight excluding hydrogens is 444 g/mol. The third-order valence-corrected chi connectivity index (χ3v) is 8.30. The Kier molecular flexibility index (Phi) is 15.1. The lowest BCUT2D eigenvalue weighted by Crippen LogP contribution is -2.17. The zero-order valence-corrected chi connectivity index (χ0v) is 23.7. The average molecular weight is 499 g/mol. The number of aliphatic hydroxyl groups excluding tert-OH is 1. The molecule has 1 aromatic rings. The fourth-order valence-electron chi connectivity index (χ4n) is 5.86. The summed E-state index contributed by atoms with van der Waals surface area (Å²) >= 11 is 0. The maximum atomic E-state index is 11.7. The molecule has 1 unspecified atom stereocenters. The molecule has 0 radical (unpaired) electrons. The van der Waals surface area contributed by atoms with Gasteiger partial charge in [-0.25, -0.2) is 4.79 Å². The summed E-state index contributed by atoms with van der Waals surface area (Å²) in [6.45, 7) is 10.6. The van der Waals surface area contributed by atoms with Crippen molar-refractivity contribution >= 4 is 5.97 Å². The number of unbranched alkanes of at least 4 members (excludes halogenated alkanes) is 2. The number of aryl methyl sites for hydroxylation is 3. The van der Waals surface area contributed by atoms with E-state index >= 15 is 0 Å². The first kappa shape index (κ1) is 30.6. The van der Waals surface area contributed by atoms with Gasteiger partial charge >= 0.3 is 5.97 Å². The number of carbonyl (C=O) groups is 1. The summed E-state index contributed by atoms with van der Waals surface area (Å²) in [6.07, 6.45) is 19.7. The molecule has 36 heavy (non-hydrogen) atoms. The molecule has 0 saturated heterocycles. The average Bonchev–Trinajstić information content (AvgIpc) is 2.89. The van der Waals surface area contributed by atoms with Gasteiger partial charge in [0.15, 0.2) is 0 Å². The number of carbonyl (C=O) groups excluding carboxylic acids is 1. The standard InChI is InChI=1S/C33H54O3/c1-5-7-8-14-32-22-21-29(24-31(32)6-2)20-19-28-17-15-27(16-18-28)11-9-12-30(13-10-23-34)25-36-33(35)26(3)4/h21-22,24,27-28,30,34H,3,5-20,23,25H2,1-2,4H3. The van der Waals surface area contributed by atoms with Crippen LogP contribution in [0.2, 0.25) is 0 Å². The SMILES string of the molecule is C=C(C)C(=O)OCC(CCCO)CCCC1CCC(CCc2ccc(CCCCC)c(CC)c2)CC1. The van der Waals surface area contributed by atoms with E-state index in [-0.39, 0.29) is 12.6 Å². The van der Waals surface area contributed by atoms with Gasteiger partial charge in [0.2, 0.25) is 0 Å². The number of hydrogen-bond donors (Lipinski definition) is 1. The first-order valence-corrected chi connectivity index (χ1v) is 15.0. The predicted octanol–water partition coefficient (Wildman–Crippen LogP) is 8.40. The van der Waals surface area contributed by atoms with Gasteiger partial charge in [0, 0.05) is 12.2 Å². The monoisotopic (exact) mass is 498 g/mol. The van der Waals surface area contributed by atoms with E-state index in [9.17, 15) is 9.90 Å². The predicted molar refractivity (Wildman–Crippen MR) is 152 cm³/mol. The van der Waals surface area contributed by atoms with E-state index in [0.29, 0.717) is 18.1 Å². The van der Waals surface area contributed by atoms with Crippen molar-refractivity contribution in [2.75, 3.05) is 13.2 Å². The van der Waals surface area contributed by atoms with Crippen molar-refractivity contribution in [2.45, 2.75) is 124 Å². The van der Waals surface area contributed by atoms with Crippen LogP contribution in [0.4, 0.5) is 0 Å². The van der Waals surface area contributed by atoms with Crippen molar-refractivity contribution in [3.8, 4) is 0 Å². The van der Waals surface area contributed by atoms with Gasteiger partial charge in [-0.05, 0) is 92.7 Å². The van der Waals surface area contributed by atoms with Crippen molar-refractivity contribution in [1.29, 1.82) is 0 Å². The first-order chi connectivity index (χ1) is 17.5. The van der Waals surface area contributed by atoms with E-state index in [1.807, 2.05) is 0 Å². The second-order valence-electron chi connectivity index (χ2n) is 11.4. The second kappa shape index (κ2) is 17.8. The summed E-state index contributed by atoms with van der Waals surface area (Å²) in [7, 11) is 0. The summed E-state index contributed by atoms with van der Waals surface area (Å²) in [5, 5.41) is 9.21. The Morgan fingerprint density at radius 1 is 0.972 bits per heavy atom. The van der Waals surface area contributed by atoms with E-state index in [2.05, 4.69) is 38.6 Å². The highest BCUT2D eigenvalue weighted by molar-refractivity contribution is 5.86. The number of ether oxygens (including phenoxy) is 1.